The van der Waals surface area contributed by atoms with E-state index in [1.807, 2.05) is 28.9 Å². The summed E-state index contributed by atoms with van der Waals surface area (Å²) in [6.07, 6.45) is 0. The van der Waals surface area contributed by atoms with Crippen LogP contribution in [0.2, 0.25) is 5.02 Å². The van der Waals surface area contributed by atoms with E-state index >= 15 is 0 Å². The maximum atomic E-state index is 6.21. The molecule has 0 atom stereocenters. The number of nitrogens with one attached hydrogen (secondary N) is 1. The van der Waals surface area contributed by atoms with Crippen LogP contribution in [0, 0.1) is 0 Å². The minimum atomic E-state index is 0.282. The fourth-order valence-electron chi connectivity index (χ4n) is 2.31. The van der Waals surface area contributed by atoms with E-state index in [2.05, 4.69) is 29.1 Å². The summed E-state index contributed by atoms with van der Waals surface area (Å²) in [7, 11) is 0. The average molecular weight is 290 g/mol. The van der Waals surface area contributed by atoms with Crippen molar-refractivity contribution in [1.82, 2.24) is 20.0 Å². The van der Waals surface area contributed by atoms with Gasteiger partial charge in [0.2, 0.25) is 0 Å². The molecular weight excluding hydrogens is 274 g/mol. The molecule has 20 heavy (non-hydrogen) atoms. The molecule has 6 heteroatoms. The number of halogens is 1. The molecule has 104 valence electrons. The first kappa shape index (κ1) is 13.0. The van der Waals surface area contributed by atoms with Gasteiger partial charge in [0, 0.05) is 5.02 Å². The Labute approximate surface area is 121 Å². The van der Waals surface area contributed by atoms with Gasteiger partial charge < -0.3 is 5.73 Å². The molecule has 0 saturated heterocycles. The van der Waals surface area contributed by atoms with Gasteiger partial charge in [-0.3, -0.25) is 5.10 Å². The number of rotatable bonds is 3. The molecule has 0 radical (unpaired) electrons. The molecule has 0 bridgehead atoms. The second-order valence-corrected chi connectivity index (χ2v) is 5.53. The van der Waals surface area contributed by atoms with Gasteiger partial charge in [0.15, 0.2) is 5.65 Å². The molecule has 0 aliphatic rings. The predicted molar refractivity (Wildman–Crippen MR) is 80.9 cm³/mol. The van der Waals surface area contributed by atoms with Crippen LogP contribution in [0.25, 0.3) is 11.0 Å². The van der Waals surface area contributed by atoms with Crippen LogP contribution in [0.4, 0.5) is 5.82 Å². The highest BCUT2D eigenvalue weighted by Crippen LogP contribution is 2.28. The van der Waals surface area contributed by atoms with Crippen LogP contribution in [-0.2, 0) is 6.54 Å². The van der Waals surface area contributed by atoms with Gasteiger partial charge >= 0.3 is 0 Å². The zero-order valence-electron chi connectivity index (χ0n) is 11.4. The number of fused-ring (bicyclic) bond motifs is 1. The number of benzene rings is 1. The van der Waals surface area contributed by atoms with Crippen LogP contribution >= 0.6 is 11.6 Å². The molecule has 2 heterocycles. The zero-order valence-corrected chi connectivity index (χ0v) is 12.1. The largest absolute Gasteiger partial charge is 0.383 e. The summed E-state index contributed by atoms with van der Waals surface area (Å²) < 4.78 is 1.85. The zero-order chi connectivity index (χ0) is 14.3. The molecule has 5 nitrogen and oxygen atoms in total. The van der Waals surface area contributed by atoms with E-state index in [1.165, 1.54) is 0 Å². The standard InChI is InChI=1S/C14H16ClN5/c1-8(2)12-11-13(16)17-18-14(11)20(19-12)7-9-5-3-4-6-10(9)15/h3-6,8H,7H2,1-2H3,(H3,16,17,18). The highest BCUT2D eigenvalue weighted by Gasteiger charge is 2.19. The van der Waals surface area contributed by atoms with Crippen molar-refractivity contribution in [2.24, 2.45) is 0 Å². The molecule has 0 aliphatic heterocycles. The number of hydrogen-bond donors (Lipinski definition) is 2. The van der Waals surface area contributed by atoms with Crippen molar-refractivity contribution >= 4 is 28.5 Å². The fraction of sp³-hybridized carbons (Fsp3) is 0.286. The summed E-state index contributed by atoms with van der Waals surface area (Å²) in [5.41, 5.74) is 8.69. The number of nitrogens with two attached hydrogens (primary N) is 1. The number of nitrogens with zero attached hydrogens (tertiary/aromatic N) is 3. The van der Waals surface area contributed by atoms with Gasteiger partial charge in [-0.2, -0.15) is 10.2 Å². The van der Waals surface area contributed by atoms with E-state index < -0.39 is 0 Å². The first-order chi connectivity index (χ1) is 9.58. The Bertz CT molecular complexity index is 756. The van der Waals surface area contributed by atoms with Gasteiger partial charge in [0.05, 0.1) is 17.6 Å². The molecule has 3 N–H and O–H groups in total. The first-order valence-electron chi connectivity index (χ1n) is 6.51. The monoisotopic (exact) mass is 289 g/mol. The van der Waals surface area contributed by atoms with Crippen molar-refractivity contribution in [2.45, 2.75) is 26.3 Å². The summed E-state index contributed by atoms with van der Waals surface area (Å²) >= 11 is 6.21. The third-order valence-corrected chi connectivity index (χ3v) is 3.70. The van der Waals surface area contributed by atoms with Crippen molar-refractivity contribution in [3.05, 3.63) is 40.5 Å². The summed E-state index contributed by atoms with van der Waals surface area (Å²) in [6.45, 7) is 4.76. The van der Waals surface area contributed by atoms with E-state index in [4.69, 9.17) is 17.3 Å². The molecule has 0 spiro atoms. The SMILES string of the molecule is CC(C)c1nn(Cc2ccccc2Cl)c2n[nH]c(N)c12. The van der Waals surface area contributed by atoms with Crippen molar-refractivity contribution in [1.29, 1.82) is 0 Å². The molecule has 1 aromatic carbocycles. The number of hydrogen-bond acceptors (Lipinski definition) is 3. The van der Waals surface area contributed by atoms with E-state index in [-0.39, 0.29) is 5.92 Å². The van der Waals surface area contributed by atoms with Crippen LogP contribution in [0.15, 0.2) is 24.3 Å². The van der Waals surface area contributed by atoms with Crippen molar-refractivity contribution in [2.75, 3.05) is 5.73 Å². The van der Waals surface area contributed by atoms with Crippen LogP contribution in [0.5, 0.6) is 0 Å². The molecule has 0 aliphatic carbocycles. The number of aromatic amines is 1. The van der Waals surface area contributed by atoms with Crippen LogP contribution < -0.4 is 5.73 Å². The third-order valence-electron chi connectivity index (χ3n) is 3.33. The fourth-order valence-corrected chi connectivity index (χ4v) is 2.51. The van der Waals surface area contributed by atoms with Crippen molar-refractivity contribution in [3.8, 4) is 0 Å². The number of aromatic nitrogens is 4. The van der Waals surface area contributed by atoms with Gasteiger partial charge in [-0.25, -0.2) is 4.68 Å². The van der Waals surface area contributed by atoms with Gasteiger partial charge in [-0.1, -0.05) is 43.6 Å². The van der Waals surface area contributed by atoms with E-state index in [0.717, 1.165) is 27.3 Å². The summed E-state index contributed by atoms with van der Waals surface area (Å²) in [5.74, 6) is 0.846. The molecule has 0 unspecified atom stereocenters. The smallest absolute Gasteiger partial charge is 0.182 e. The lowest BCUT2D eigenvalue weighted by molar-refractivity contribution is 0.666. The quantitative estimate of drug-likeness (QED) is 0.778. The van der Waals surface area contributed by atoms with Gasteiger partial charge in [-0.15, -0.1) is 0 Å². The Balaban J connectivity index is 2.11. The van der Waals surface area contributed by atoms with Gasteiger partial charge in [0.1, 0.15) is 5.82 Å². The second kappa shape index (κ2) is 4.83. The molecule has 0 fully saturated rings. The summed E-state index contributed by atoms with van der Waals surface area (Å²) in [4.78, 5) is 0. The Kier molecular flexibility index (Phi) is 3.14. The predicted octanol–water partition coefficient (Wildman–Crippen LogP) is 3.17. The number of anilines is 1. The normalized spacial score (nSPS) is 11.6. The number of nitrogen functional groups attached to an aromatic ring is 1. The Morgan fingerprint density at radius 1 is 1.35 bits per heavy atom. The summed E-state index contributed by atoms with van der Waals surface area (Å²) in [5, 5.41) is 13.4. The Morgan fingerprint density at radius 3 is 2.80 bits per heavy atom. The lowest BCUT2D eigenvalue weighted by Crippen LogP contribution is -2.04. The van der Waals surface area contributed by atoms with Gasteiger partial charge in [-0.05, 0) is 17.5 Å². The second-order valence-electron chi connectivity index (χ2n) is 5.12. The first-order valence-corrected chi connectivity index (χ1v) is 6.89. The maximum absolute atomic E-state index is 6.21. The minimum Gasteiger partial charge on any atom is -0.383 e. The van der Waals surface area contributed by atoms with Crippen LogP contribution in [0.3, 0.4) is 0 Å². The Morgan fingerprint density at radius 2 is 2.10 bits per heavy atom. The number of H-pyrrole nitrogens is 1. The van der Waals surface area contributed by atoms with E-state index in [9.17, 15) is 0 Å². The molecule has 0 saturated carbocycles. The lowest BCUT2D eigenvalue weighted by Gasteiger charge is -2.05. The highest BCUT2D eigenvalue weighted by atomic mass is 35.5. The Hall–Kier alpha value is -2.01. The van der Waals surface area contributed by atoms with E-state index in [0.29, 0.717) is 12.4 Å². The van der Waals surface area contributed by atoms with Crippen molar-refractivity contribution < 1.29 is 0 Å². The van der Waals surface area contributed by atoms with Crippen molar-refractivity contribution in [3.63, 3.8) is 0 Å². The molecule has 0 amide bonds. The summed E-state index contributed by atoms with van der Waals surface area (Å²) in [6, 6.07) is 7.74. The van der Waals surface area contributed by atoms with Crippen LogP contribution in [0.1, 0.15) is 31.0 Å². The molecule has 3 aromatic rings. The average Bonchev–Trinajstić information content (AvgIpc) is 2.95. The maximum Gasteiger partial charge on any atom is 0.182 e. The van der Waals surface area contributed by atoms with Crippen LogP contribution in [-0.4, -0.2) is 20.0 Å². The lowest BCUT2D eigenvalue weighted by atomic mass is 10.1. The minimum absolute atomic E-state index is 0.282. The molecule has 2 aromatic heterocycles. The molecule has 3 rings (SSSR count). The van der Waals surface area contributed by atoms with E-state index in [1.54, 1.807) is 0 Å². The van der Waals surface area contributed by atoms with Gasteiger partial charge in [0.25, 0.3) is 0 Å². The topological polar surface area (TPSA) is 72.5 Å². The third kappa shape index (κ3) is 2.04. The highest BCUT2D eigenvalue weighted by molar-refractivity contribution is 6.31. The molecular formula is C14H16ClN5.